The van der Waals surface area contributed by atoms with Crippen molar-refractivity contribution in [1.29, 1.82) is 0 Å². The van der Waals surface area contributed by atoms with Gasteiger partial charge in [0.25, 0.3) is 0 Å². The van der Waals surface area contributed by atoms with E-state index in [4.69, 9.17) is 4.74 Å². The van der Waals surface area contributed by atoms with Crippen LogP contribution < -0.4 is 5.32 Å². The summed E-state index contributed by atoms with van der Waals surface area (Å²) in [6.45, 7) is 6.42. The summed E-state index contributed by atoms with van der Waals surface area (Å²) in [6, 6.07) is 16.7. The third kappa shape index (κ3) is 4.77. The van der Waals surface area contributed by atoms with Crippen LogP contribution in [0.5, 0.6) is 5.75 Å². The highest BCUT2D eigenvalue weighted by Crippen LogP contribution is 2.53. The van der Waals surface area contributed by atoms with E-state index >= 15 is 0 Å². The van der Waals surface area contributed by atoms with Crippen LogP contribution in [0.3, 0.4) is 0 Å². The number of likely N-dealkylation sites (N-methyl/N-ethyl adjacent to an activating group) is 1. The zero-order chi connectivity index (χ0) is 23.5. The van der Waals surface area contributed by atoms with Crippen LogP contribution in [0, 0.1) is 0 Å². The van der Waals surface area contributed by atoms with Crippen molar-refractivity contribution in [2.45, 2.75) is 49.3 Å². The lowest BCUT2D eigenvalue weighted by atomic mass is 9.55. The third-order valence-electron chi connectivity index (χ3n) is 7.62. The summed E-state index contributed by atoms with van der Waals surface area (Å²) in [4.78, 5) is 12.6. The van der Waals surface area contributed by atoms with Gasteiger partial charge in [-0.15, -0.1) is 0 Å². The minimum absolute atomic E-state index is 0.118. The van der Waals surface area contributed by atoms with Gasteiger partial charge in [0, 0.05) is 17.9 Å². The van der Waals surface area contributed by atoms with Gasteiger partial charge in [-0.25, -0.2) is 4.79 Å². The van der Waals surface area contributed by atoms with Gasteiger partial charge in [-0.3, -0.25) is 0 Å². The molecule has 33 heavy (non-hydrogen) atoms. The number of carbonyl (C=O) groups excluding carboxylic acids is 1. The minimum Gasteiger partial charge on any atom is -0.508 e. The Bertz CT molecular complexity index is 997. The predicted molar refractivity (Wildman–Crippen MR) is 128 cm³/mol. The lowest BCUT2D eigenvalue weighted by Gasteiger charge is -2.59. The molecule has 4 rings (SSSR count). The average molecular weight is 452 g/mol. The molecular formula is C27H35N2O4+. The molecule has 1 saturated heterocycles. The van der Waals surface area contributed by atoms with Gasteiger partial charge in [-0.2, -0.15) is 0 Å². The molecule has 0 radical (unpaired) electrons. The first kappa shape index (κ1) is 23.3. The number of fused-ring (bicyclic) bond motifs is 1. The molecule has 1 aliphatic carbocycles. The summed E-state index contributed by atoms with van der Waals surface area (Å²) >= 11 is 0. The number of quaternary nitrogens is 1. The molecule has 1 amide bonds. The molecule has 2 aromatic carbocycles. The summed E-state index contributed by atoms with van der Waals surface area (Å²) < 4.78 is 6.18. The van der Waals surface area contributed by atoms with Crippen molar-refractivity contribution in [3.8, 4) is 5.75 Å². The largest absolute Gasteiger partial charge is 0.508 e. The molecular weight excluding hydrogens is 416 g/mol. The SMILES string of the molecule is C=CC[N@@+]1(C)CC[C@@]2(c3cccc(O)c3)C[C@H](NC(=O)OCc3ccccc3)CCC2(O)C1. The van der Waals surface area contributed by atoms with Gasteiger partial charge < -0.3 is 24.7 Å². The van der Waals surface area contributed by atoms with Gasteiger partial charge in [-0.1, -0.05) is 49.0 Å². The van der Waals surface area contributed by atoms with Crippen LogP contribution in [0.15, 0.2) is 67.3 Å². The molecule has 1 unspecified atom stereocenters. The van der Waals surface area contributed by atoms with E-state index in [1.54, 1.807) is 12.1 Å². The van der Waals surface area contributed by atoms with Gasteiger partial charge in [0.2, 0.25) is 0 Å². The van der Waals surface area contributed by atoms with Crippen molar-refractivity contribution in [3.63, 3.8) is 0 Å². The minimum atomic E-state index is -0.942. The van der Waals surface area contributed by atoms with E-state index in [-0.39, 0.29) is 18.4 Å². The van der Waals surface area contributed by atoms with Crippen LogP contribution in [0.25, 0.3) is 0 Å². The van der Waals surface area contributed by atoms with Crippen LogP contribution in [0.1, 0.15) is 36.8 Å². The highest BCUT2D eigenvalue weighted by molar-refractivity contribution is 5.67. The number of ether oxygens (including phenoxy) is 1. The van der Waals surface area contributed by atoms with E-state index in [0.29, 0.717) is 25.8 Å². The average Bonchev–Trinajstić information content (AvgIpc) is 2.79. The molecule has 0 bridgehead atoms. The highest BCUT2D eigenvalue weighted by Gasteiger charge is 2.61. The predicted octanol–water partition coefficient (Wildman–Crippen LogP) is 3.88. The maximum absolute atomic E-state index is 12.6. The number of rotatable bonds is 6. The Morgan fingerprint density at radius 3 is 2.76 bits per heavy atom. The molecule has 2 aromatic rings. The fourth-order valence-electron chi connectivity index (χ4n) is 5.96. The number of carbonyl (C=O) groups is 1. The van der Waals surface area contributed by atoms with Crippen LogP contribution >= 0.6 is 0 Å². The first-order valence-corrected chi connectivity index (χ1v) is 11.7. The summed E-state index contributed by atoms with van der Waals surface area (Å²) in [5.74, 6) is 0.190. The number of piperidine rings is 1. The van der Waals surface area contributed by atoms with Crippen molar-refractivity contribution in [2.75, 3.05) is 26.7 Å². The van der Waals surface area contributed by atoms with Crippen molar-refractivity contribution < 1.29 is 24.2 Å². The number of aliphatic hydroxyl groups is 1. The van der Waals surface area contributed by atoms with Crippen molar-refractivity contribution in [2.24, 2.45) is 0 Å². The molecule has 0 aromatic heterocycles. The fraction of sp³-hybridized carbons (Fsp3) is 0.444. The van der Waals surface area contributed by atoms with Gasteiger partial charge in [0.1, 0.15) is 24.5 Å². The van der Waals surface area contributed by atoms with Crippen LogP contribution in [-0.4, -0.2) is 59.1 Å². The number of hydrogen-bond donors (Lipinski definition) is 3. The number of aromatic hydroxyl groups is 1. The van der Waals surface area contributed by atoms with Crippen molar-refractivity contribution in [1.82, 2.24) is 5.32 Å². The lowest BCUT2D eigenvalue weighted by molar-refractivity contribution is -0.918. The Labute approximate surface area is 196 Å². The van der Waals surface area contributed by atoms with E-state index in [1.807, 2.05) is 48.5 Å². The molecule has 6 nitrogen and oxygen atoms in total. The molecule has 1 aliphatic heterocycles. The number of alkyl carbamates (subject to hydrolysis) is 1. The standard InChI is InChI=1S/C27H34N2O4/c1-3-15-29(2)16-14-26(22-10-7-11-24(30)17-22)18-23(12-13-27(26,32)20-29)28-25(31)33-19-21-8-5-4-6-9-21/h3-11,17,23,32H,1,12-16,18-20H2,2H3,(H-,28,30,31)/p+1/t23-,26+,27?,29+/m1/s1. The molecule has 176 valence electrons. The molecule has 3 N–H and O–H groups in total. The zero-order valence-corrected chi connectivity index (χ0v) is 19.4. The fourth-order valence-corrected chi connectivity index (χ4v) is 5.96. The number of nitrogens with zero attached hydrogens (tertiary/aromatic N) is 1. The first-order chi connectivity index (χ1) is 15.8. The number of likely N-dealkylation sites (tertiary alicyclic amines) is 1. The Morgan fingerprint density at radius 2 is 2.03 bits per heavy atom. The Hall–Kier alpha value is -2.83. The maximum atomic E-state index is 12.6. The van der Waals surface area contributed by atoms with E-state index in [2.05, 4.69) is 18.9 Å². The van der Waals surface area contributed by atoms with E-state index in [1.165, 1.54) is 0 Å². The summed E-state index contributed by atoms with van der Waals surface area (Å²) in [6.07, 6.45) is 4.07. The van der Waals surface area contributed by atoms with Gasteiger partial charge in [0.15, 0.2) is 0 Å². The Kier molecular flexibility index (Phi) is 6.50. The Balaban J connectivity index is 1.54. The molecule has 0 spiro atoms. The molecule has 1 heterocycles. The number of phenols is 1. The number of phenolic OH excluding ortho intramolecular Hbond substituents is 1. The molecule has 6 heteroatoms. The number of nitrogens with one attached hydrogen (secondary N) is 1. The third-order valence-corrected chi connectivity index (χ3v) is 7.62. The lowest BCUT2D eigenvalue weighted by Crippen LogP contribution is -2.71. The van der Waals surface area contributed by atoms with Gasteiger partial charge in [-0.05, 0) is 48.6 Å². The first-order valence-electron chi connectivity index (χ1n) is 11.7. The molecule has 4 atom stereocenters. The van der Waals surface area contributed by atoms with Crippen molar-refractivity contribution >= 4 is 6.09 Å². The summed E-state index contributed by atoms with van der Waals surface area (Å²) in [7, 11) is 2.16. The second kappa shape index (κ2) is 9.20. The topological polar surface area (TPSA) is 78.8 Å². The quantitative estimate of drug-likeness (QED) is 0.460. The monoisotopic (exact) mass is 451 g/mol. The van der Waals surface area contributed by atoms with E-state index in [9.17, 15) is 15.0 Å². The van der Waals surface area contributed by atoms with E-state index < -0.39 is 17.1 Å². The van der Waals surface area contributed by atoms with Crippen LogP contribution in [-0.2, 0) is 16.8 Å². The summed E-state index contributed by atoms with van der Waals surface area (Å²) in [5.41, 5.74) is 0.371. The number of amides is 1. The Morgan fingerprint density at radius 1 is 1.24 bits per heavy atom. The smallest absolute Gasteiger partial charge is 0.407 e. The molecule has 2 fully saturated rings. The highest BCUT2D eigenvalue weighted by atomic mass is 16.5. The second-order valence-electron chi connectivity index (χ2n) is 10.0. The number of benzene rings is 2. The van der Waals surface area contributed by atoms with Crippen molar-refractivity contribution in [3.05, 3.63) is 78.4 Å². The maximum Gasteiger partial charge on any atom is 0.407 e. The van der Waals surface area contributed by atoms with E-state index in [0.717, 1.165) is 35.1 Å². The second-order valence-corrected chi connectivity index (χ2v) is 10.0. The van der Waals surface area contributed by atoms with Crippen LogP contribution in [0.2, 0.25) is 0 Å². The van der Waals surface area contributed by atoms with Crippen LogP contribution in [0.4, 0.5) is 4.79 Å². The normalized spacial score (nSPS) is 31.3. The number of hydrogen-bond acceptors (Lipinski definition) is 4. The molecule has 2 aliphatic rings. The zero-order valence-electron chi connectivity index (χ0n) is 19.4. The molecule has 1 saturated carbocycles. The summed E-state index contributed by atoms with van der Waals surface area (Å²) in [5, 5.41) is 25.3. The van der Waals surface area contributed by atoms with Gasteiger partial charge in [0.05, 0.1) is 20.1 Å². The van der Waals surface area contributed by atoms with Gasteiger partial charge >= 0.3 is 6.09 Å².